The first-order valence-corrected chi connectivity index (χ1v) is 9.10. The Morgan fingerprint density at radius 3 is 2.54 bits per heavy atom. The average molecular weight is 334 g/mol. The van der Waals surface area contributed by atoms with Gasteiger partial charge in [-0.25, -0.2) is 0 Å². The molecule has 0 aliphatic heterocycles. The molecule has 2 N–H and O–H groups in total. The Balaban J connectivity index is 1.96. The van der Waals surface area contributed by atoms with E-state index in [0.717, 1.165) is 19.3 Å². The summed E-state index contributed by atoms with van der Waals surface area (Å²) >= 11 is 0. The van der Waals surface area contributed by atoms with Crippen LogP contribution in [0.3, 0.4) is 0 Å². The van der Waals surface area contributed by atoms with Gasteiger partial charge in [0, 0.05) is 17.3 Å². The Labute approximate surface area is 144 Å². The van der Waals surface area contributed by atoms with Crippen molar-refractivity contribution >= 4 is 11.6 Å². The van der Waals surface area contributed by atoms with E-state index >= 15 is 0 Å². The van der Waals surface area contributed by atoms with Crippen LogP contribution in [0.1, 0.15) is 59.8 Å². The summed E-state index contributed by atoms with van der Waals surface area (Å²) in [4.78, 5) is 24.6. The quantitative estimate of drug-likeness (QED) is 0.761. The van der Waals surface area contributed by atoms with E-state index in [1.807, 2.05) is 20.8 Å². The summed E-state index contributed by atoms with van der Waals surface area (Å²) in [6, 6.07) is 0. The van der Waals surface area contributed by atoms with Gasteiger partial charge in [0.25, 0.3) is 0 Å². The predicted molar refractivity (Wildman–Crippen MR) is 91.2 cm³/mol. The van der Waals surface area contributed by atoms with Crippen LogP contribution in [-0.2, 0) is 9.59 Å². The molecule has 0 spiro atoms. The number of aliphatic hydroxyl groups is 2. The molecule has 24 heavy (non-hydrogen) atoms. The molecule has 0 unspecified atom stereocenters. The molecule has 4 heteroatoms. The minimum Gasteiger partial charge on any atom is -0.389 e. The summed E-state index contributed by atoms with van der Waals surface area (Å²) in [7, 11) is 0. The normalized spacial score (nSPS) is 44.3. The van der Waals surface area contributed by atoms with Gasteiger partial charge in [-0.3, -0.25) is 9.59 Å². The van der Waals surface area contributed by atoms with Crippen LogP contribution in [-0.4, -0.2) is 34.5 Å². The summed E-state index contributed by atoms with van der Waals surface area (Å²) < 4.78 is 0. The second-order valence-corrected chi connectivity index (χ2v) is 9.35. The number of ketones is 2. The second-order valence-electron chi connectivity index (χ2n) is 9.35. The minimum atomic E-state index is -0.879. The van der Waals surface area contributed by atoms with Gasteiger partial charge in [-0.2, -0.15) is 0 Å². The number of hydrogen-bond donors (Lipinski definition) is 2. The number of hydrogen-bond acceptors (Lipinski definition) is 4. The van der Waals surface area contributed by atoms with Gasteiger partial charge in [0.2, 0.25) is 0 Å². The molecule has 3 aliphatic rings. The van der Waals surface area contributed by atoms with E-state index in [0.29, 0.717) is 18.8 Å². The first kappa shape index (κ1) is 17.8. The third-order valence-electron chi connectivity index (χ3n) is 7.51. The molecule has 3 aliphatic carbocycles. The summed E-state index contributed by atoms with van der Waals surface area (Å²) in [5, 5.41) is 19.7. The van der Waals surface area contributed by atoms with Crippen molar-refractivity contribution in [3.63, 3.8) is 0 Å². The topological polar surface area (TPSA) is 74.6 Å². The highest BCUT2D eigenvalue weighted by Gasteiger charge is 2.59. The maximum Gasteiger partial charge on any atom is 0.164 e. The van der Waals surface area contributed by atoms with Crippen LogP contribution in [0.25, 0.3) is 0 Å². The summed E-state index contributed by atoms with van der Waals surface area (Å²) in [5.74, 6) is 0.445. The van der Waals surface area contributed by atoms with E-state index in [2.05, 4.69) is 13.0 Å². The van der Waals surface area contributed by atoms with Crippen molar-refractivity contribution in [1.82, 2.24) is 0 Å². The lowest BCUT2D eigenvalue weighted by atomic mass is 9.45. The standard InChI is InChI=1S/C20H30O4/c1-18(2)15-6-5-12-9-19(3,16(23)11-21)8-7-13(12)20(15,4)10-14(22)17(18)24/h5,13,15,17,21,24H,6-11H2,1-4H3/t13-,15-,17-,19-,20+/m1/s1. The minimum absolute atomic E-state index is 0.0419. The van der Waals surface area contributed by atoms with E-state index in [9.17, 15) is 19.8 Å². The Morgan fingerprint density at radius 1 is 1.25 bits per heavy atom. The van der Waals surface area contributed by atoms with Crippen molar-refractivity contribution in [3.8, 4) is 0 Å². The van der Waals surface area contributed by atoms with Crippen molar-refractivity contribution in [2.75, 3.05) is 6.61 Å². The number of Topliss-reactive ketones (excluding diaryl/α,β-unsaturated/α-hetero) is 2. The van der Waals surface area contributed by atoms with Gasteiger partial charge in [0.05, 0.1) is 0 Å². The first-order chi connectivity index (χ1) is 11.1. The van der Waals surface area contributed by atoms with Crippen molar-refractivity contribution in [3.05, 3.63) is 11.6 Å². The molecule has 0 bridgehead atoms. The van der Waals surface area contributed by atoms with Crippen LogP contribution in [0, 0.1) is 28.1 Å². The van der Waals surface area contributed by atoms with Gasteiger partial charge < -0.3 is 10.2 Å². The van der Waals surface area contributed by atoms with E-state index < -0.39 is 23.5 Å². The molecule has 0 aromatic heterocycles. The lowest BCUT2D eigenvalue weighted by Crippen LogP contribution is -2.59. The molecule has 134 valence electrons. The fourth-order valence-corrected chi connectivity index (χ4v) is 5.97. The molecule has 0 amide bonds. The Bertz CT molecular complexity index is 605. The Morgan fingerprint density at radius 2 is 1.92 bits per heavy atom. The number of rotatable bonds is 2. The van der Waals surface area contributed by atoms with Gasteiger partial charge in [-0.1, -0.05) is 39.3 Å². The maximum absolute atomic E-state index is 12.5. The van der Waals surface area contributed by atoms with Crippen molar-refractivity contribution in [1.29, 1.82) is 0 Å². The average Bonchev–Trinajstić information content (AvgIpc) is 2.51. The van der Waals surface area contributed by atoms with Gasteiger partial charge >= 0.3 is 0 Å². The van der Waals surface area contributed by atoms with E-state index in [1.54, 1.807) is 0 Å². The number of fused-ring (bicyclic) bond motifs is 3. The number of aliphatic hydroxyl groups excluding tert-OH is 2. The van der Waals surface area contributed by atoms with Crippen molar-refractivity contribution in [2.24, 2.45) is 28.1 Å². The number of carbonyl (C=O) groups excluding carboxylic acids is 2. The molecule has 0 aromatic rings. The van der Waals surface area contributed by atoms with Crippen LogP contribution in [0.2, 0.25) is 0 Å². The SMILES string of the molecule is CC1(C)[C@H](O)C(=O)C[C@@]2(C)[C@@H]3CC[C@@](C)(C(=O)CO)CC3=CC[C@H]12. The monoisotopic (exact) mass is 334 g/mol. The number of carbonyl (C=O) groups is 2. The zero-order valence-electron chi connectivity index (χ0n) is 15.3. The zero-order valence-corrected chi connectivity index (χ0v) is 15.3. The van der Waals surface area contributed by atoms with Crippen LogP contribution in [0.4, 0.5) is 0 Å². The molecule has 2 fully saturated rings. The van der Waals surface area contributed by atoms with E-state index in [4.69, 9.17) is 0 Å². The largest absolute Gasteiger partial charge is 0.389 e. The second kappa shape index (κ2) is 5.50. The molecule has 3 rings (SSSR count). The lowest BCUT2D eigenvalue weighted by molar-refractivity contribution is -0.161. The van der Waals surface area contributed by atoms with Crippen molar-refractivity contribution in [2.45, 2.75) is 65.9 Å². The lowest BCUT2D eigenvalue weighted by Gasteiger charge is -2.59. The molecular weight excluding hydrogens is 304 g/mol. The number of allylic oxidation sites excluding steroid dienone is 2. The van der Waals surface area contributed by atoms with Crippen molar-refractivity contribution < 1.29 is 19.8 Å². The summed E-state index contributed by atoms with van der Waals surface area (Å²) in [6.07, 6.45) is 4.97. The van der Waals surface area contributed by atoms with Gasteiger partial charge in [0.1, 0.15) is 12.7 Å². The van der Waals surface area contributed by atoms with Crippen LogP contribution >= 0.6 is 0 Å². The molecule has 0 saturated heterocycles. The van der Waals surface area contributed by atoms with Gasteiger partial charge in [-0.05, 0) is 42.9 Å². The molecule has 5 atom stereocenters. The van der Waals surface area contributed by atoms with E-state index in [-0.39, 0.29) is 22.9 Å². The zero-order chi connectivity index (χ0) is 17.9. The van der Waals surface area contributed by atoms with Gasteiger partial charge in [0.15, 0.2) is 11.6 Å². The fraction of sp³-hybridized carbons (Fsp3) is 0.800. The molecule has 0 heterocycles. The highest BCUT2D eigenvalue weighted by atomic mass is 16.3. The van der Waals surface area contributed by atoms with Crippen LogP contribution < -0.4 is 0 Å². The maximum atomic E-state index is 12.5. The smallest absolute Gasteiger partial charge is 0.164 e. The van der Waals surface area contributed by atoms with Crippen LogP contribution in [0.15, 0.2) is 11.6 Å². The highest BCUT2D eigenvalue weighted by Crippen LogP contribution is 2.62. The molecule has 2 saturated carbocycles. The predicted octanol–water partition coefficient (Wildman–Crippen LogP) is 2.67. The third kappa shape index (κ3) is 2.33. The van der Waals surface area contributed by atoms with Gasteiger partial charge in [-0.15, -0.1) is 0 Å². The Kier molecular flexibility index (Phi) is 4.08. The highest BCUT2D eigenvalue weighted by molar-refractivity contribution is 5.87. The summed E-state index contributed by atoms with van der Waals surface area (Å²) in [5.41, 5.74) is 0.235. The molecule has 0 aromatic carbocycles. The molecular formula is C20H30O4. The summed E-state index contributed by atoms with van der Waals surface area (Å²) in [6.45, 7) is 7.79. The molecule has 4 nitrogen and oxygen atoms in total. The van der Waals surface area contributed by atoms with Crippen LogP contribution in [0.5, 0.6) is 0 Å². The first-order valence-electron chi connectivity index (χ1n) is 9.10. The Hall–Kier alpha value is -1.00. The van der Waals surface area contributed by atoms with E-state index in [1.165, 1.54) is 5.57 Å². The fourth-order valence-electron chi connectivity index (χ4n) is 5.97. The molecule has 0 radical (unpaired) electrons. The third-order valence-corrected chi connectivity index (χ3v) is 7.51.